The fourth-order valence-electron chi connectivity index (χ4n) is 2.89. The van der Waals surface area contributed by atoms with E-state index in [9.17, 15) is 0 Å². The molecule has 1 saturated heterocycles. The lowest BCUT2D eigenvalue weighted by molar-refractivity contribution is 0.193. The molecule has 0 amide bonds. The van der Waals surface area contributed by atoms with Crippen molar-refractivity contribution >= 4 is 11.8 Å². The van der Waals surface area contributed by atoms with Crippen molar-refractivity contribution in [2.24, 2.45) is 0 Å². The van der Waals surface area contributed by atoms with Gasteiger partial charge in [-0.2, -0.15) is 4.98 Å². The van der Waals surface area contributed by atoms with Crippen LogP contribution >= 0.6 is 0 Å². The first-order valence-electron chi connectivity index (χ1n) is 8.59. The number of ether oxygens (including phenoxy) is 1. The molecule has 0 saturated carbocycles. The summed E-state index contributed by atoms with van der Waals surface area (Å²) in [7, 11) is 2.02. The zero-order valence-electron chi connectivity index (χ0n) is 14.8. The Morgan fingerprint density at radius 1 is 1.40 bits per heavy atom. The van der Waals surface area contributed by atoms with Crippen LogP contribution in [-0.2, 0) is 11.3 Å². The maximum absolute atomic E-state index is 9.06. The lowest BCUT2D eigenvalue weighted by Gasteiger charge is -2.21. The summed E-state index contributed by atoms with van der Waals surface area (Å²) in [6, 6.07) is 4.07. The van der Waals surface area contributed by atoms with Gasteiger partial charge in [0.25, 0.3) is 0 Å². The molecule has 7 heteroatoms. The number of nitrogens with zero attached hydrogens (tertiary/aromatic N) is 4. The van der Waals surface area contributed by atoms with Gasteiger partial charge in [0.1, 0.15) is 5.82 Å². The van der Waals surface area contributed by atoms with Gasteiger partial charge in [0.15, 0.2) is 0 Å². The molecule has 0 spiro atoms. The Morgan fingerprint density at radius 2 is 2.28 bits per heavy atom. The molecule has 2 aromatic rings. The van der Waals surface area contributed by atoms with Gasteiger partial charge >= 0.3 is 0 Å². The van der Waals surface area contributed by atoms with E-state index >= 15 is 0 Å². The van der Waals surface area contributed by atoms with E-state index in [1.54, 1.807) is 0 Å². The van der Waals surface area contributed by atoms with E-state index in [4.69, 9.17) is 9.84 Å². The summed E-state index contributed by atoms with van der Waals surface area (Å²) in [4.78, 5) is 15.5. The first-order chi connectivity index (χ1) is 12.2. The van der Waals surface area contributed by atoms with Gasteiger partial charge in [0.2, 0.25) is 5.95 Å². The maximum Gasteiger partial charge on any atom is 0.224 e. The summed E-state index contributed by atoms with van der Waals surface area (Å²) in [5.41, 5.74) is 3.36. The molecule has 0 aromatic carbocycles. The van der Waals surface area contributed by atoms with Crippen molar-refractivity contribution in [2.45, 2.75) is 25.8 Å². The second kappa shape index (κ2) is 8.22. The van der Waals surface area contributed by atoms with Gasteiger partial charge in [-0.1, -0.05) is 0 Å². The molecule has 0 unspecified atom stereocenters. The Kier molecular flexibility index (Phi) is 5.78. The SMILES string of the molecule is Cc1cnccc1CN(C)c1cc([C@H]2CCOC2)nc(NCCO)n1. The van der Waals surface area contributed by atoms with Crippen LogP contribution in [0, 0.1) is 6.92 Å². The number of nitrogens with one attached hydrogen (secondary N) is 1. The molecule has 2 aromatic heterocycles. The van der Waals surface area contributed by atoms with Crippen LogP contribution in [0.15, 0.2) is 24.5 Å². The molecule has 25 heavy (non-hydrogen) atoms. The number of rotatable bonds is 7. The van der Waals surface area contributed by atoms with E-state index in [-0.39, 0.29) is 6.61 Å². The number of hydrogen-bond acceptors (Lipinski definition) is 7. The van der Waals surface area contributed by atoms with E-state index in [0.717, 1.165) is 36.6 Å². The summed E-state index contributed by atoms with van der Waals surface area (Å²) < 4.78 is 5.50. The minimum absolute atomic E-state index is 0.0432. The molecule has 0 bridgehead atoms. The fraction of sp³-hybridized carbons (Fsp3) is 0.500. The highest BCUT2D eigenvalue weighted by molar-refractivity contribution is 5.46. The average molecular weight is 343 g/mol. The number of aromatic nitrogens is 3. The Morgan fingerprint density at radius 3 is 3.00 bits per heavy atom. The van der Waals surface area contributed by atoms with E-state index in [1.807, 2.05) is 31.6 Å². The van der Waals surface area contributed by atoms with Crippen molar-refractivity contribution in [1.82, 2.24) is 15.0 Å². The summed E-state index contributed by atoms with van der Waals surface area (Å²) >= 11 is 0. The molecule has 1 aliphatic heterocycles. The smallest absolute Gasteiger partial charge is 0.224 e. The third-order valence-corrected chi connectivity index (χ3v) is 4.41. The standard InChI is InChI=1S/C18H25N5O2/c1-13-10-19-5-3-14(13)11-23(2)17-9-16(15-4-8-25-12-15)21-18(22-17)20-6-7-24/h3,5,9-10,15,24H,4,6-8,11-12H2,1-2H3,(H,20,21,22)/t15-/m0/s1. The van der Waals surface area contributed by atoms with Crippen LogP contribution in [0.3, 0.4) is 0 Å². The zero-order chi connectivity index (χ0) is 17.6. The highest BCUT2D eigenvalue weighted by atomic mass is 16.5. The van der Waals surface area contributed by atoms with Crippen molar-refractivity contribution in [1.29, 1.82) is 0 Å². The van der Waals surface area contributed by atoms with Crippen LogP contribution < -0.4 is 10.2 Å². The summed E-state index contributed by atoms with van der Waals surface area (Å²) in [5, 5.41) is 12.1. The number of aryl methyl sites for hydroxylation is 1. The Labute approximate surface area is 148 Å². The third kappa shape index (κ3) is 4.43. The van der Waals surface area contributed by atoms with Crippen LogP contribution in [0.5, 0.6) is 0 Å². The number of aliphatic hydroxyl groups is 1. The minimum atomic E-state index is 0.0432. The minimum Gasteiger partial charge on any atom is -0.395 e. The van der Waals surface area contributed by atoms with Gasteiger partial charge in [0, 0.05) is 51.1 Å². The fourth-order valence-corrected chi connectivity index (χ4v) is 2.89. The first-order valence-corrected chi connectivity index (χ1v) is 8.59. The van der Waals surface area contributed by atoms with Gasteiger partial charge < -0.3 is 20.1 Å². The van der Waals surface area contributed by atoms with Crippen molar-refractivity contribution in [3.63, 3.8) is 0 Å². The molecular formula is C18H25N5O2. The number of aliphatic hydroxyl groups excluding tert-OH is 1. The quantitative estimate of drug-likeness (QED) is 0.792. The van der Waals surface area contributed by atoms with Gasteiger partial charge in [-0.3, -0.25) is 4.98 Å². The van der Waals surface area contributed by atoms with E-state index < -0.39 is 0 Å². The molecular weight excluding hydrogens is 318 g/mol. The van der Waals surface area contributed by atoms with Crippen LogP contribution in [-0.4, -0.2) is 53.5 Å². The summed E-state index contributed by atoms with van der Waals surface area (Å²) in [6.07, 6.45) is 4.66. The predicted molar refractivity (Wildman–Crippen MR) is 96.9 cm³/mol. The molecule has 3 rings (SSSR count). The van der Waals surface area contributed by atoms with Gasteiger partial charge in [-0.25, -0.2) is 4.98 Å². The first kappa shape index (κ1) is 17.6. The topological polar surface area (TPSA) is 83.4 Å². The van der Waals surface area contributed by atoms with E-state index in [0.29, 0.717) is 25.0 Å². The van der Waals surface area contributed by atoms with Crippen LogP contribution in [0.1, 0.15) is 29.2 Å². The van der Waals surface area contributed by atoms with Gasteiger partial charge in [-0.05, 0) is 30.5 Å². The number of hydrogen-bond donors (Lipinski definition) is 2. The second-order valence-electron chi connectivity index (χ2n) is 6.34. The molecule has 3 heterocycles. The molecule has 0 aliphatic carbocycles. The number of pyridine rings is 1. The lowest BCUT2D eigenvalue weighted by atomic mass is 10.0. The zero-order valence-corrected chi connectivity index (χ0v) is 14.8. The third-order valence-electron chi connectivity index (χ3n) is 4.41. The monoisotopic (exact) mass is 343 g/mol. The maximum atomic E-state index is 9.06. The molecule has 1 atom stereocenters. The van der Waals surface area contributed by atoms with Crippen molar-refractivity contribution in [3.8, 4) is 0 Å². The van der Waals surface area contributed by atoms with Crippen molar-refractivity contribution in [2.75, 3.05) is 43.6 Å². The van der Waals surface area contributed by atoms with Crippen molar-refractivity contribution < 1.29 is 9.84 Å². The molecule has 134 valence electrons. The summed E-state index contributed by atoms with van der Waals surface area (Å²) in [6.45, 7) is 4.74. The highest BCUT2D eigenvalue weighted by Gasteiger charge is 2.21. The van der Waals surface area contributed by atoms with Gasteiger partial charge in [0.05, 0.1) is 18.9 Å². The largest absolute Gasteiger partial charge is 0.395 e. The van der Waals surface area contributed by atoms with E-state index in [1.165, 1.54) is 5.56 Å². The lowest BCUT2D eigenvalue weighted by Crippen LogP contribution is -2.21. The van der Waals surface area contributed by atoms with Gasteiger partial charge in [-0.15, -0.1) is 0 Å². The number of anilines is 2. The Balaban J connectivity index is 1.84. The second-order valence-corrected chi connectivity index (χ2v) is 6.34. The van der Waals surface area contributed by atoms with Crippen molar-refractivity contribution in [3.05, 3.63) is 41.3 Å². The summed E-state index contributed by atoms with van der Waals surface area (Å²) in [5.74, 6) is 1.70. The Hall–Kier alpha value is -2.25. The molecule has 2 N–H and O–H groups in total. The van der Waals surface area contributed by atoms with Crippen LogP contribution in [0.2, 0.25) is 0 Å². The molecule has 0 radical (unpaired) electrons. The van der Waals surface area contributed by atoms with Crippen LogP contribution in [0.25, 0.3) is 0 Å². The normalized spacial score (nSPS) is 16.8. The highest BCUT2D eigenvalue weighted by Crippen LogP contribution is 2.27. The molecule has 1 aliphatic rings. The molecule has 7 nitrogen and oxygen atoms in total. The van der Waals surface area contributed by atoms with Crippen LogP contribution in [0.4, 0.5) is 11.8 Å². The molecule has 1 fully saturated rings. The van der Waals surface area contributed by atoms with E-state index in [2.05, 4.69) is 32.1 Å². The predicted octanol–water partition coefficient (Wildman–Crippen LogP) is 1.72. The average Bonchev–Trinajstić information content (AvgIpc) is 3.16. The Bertz CT molecular complexity index is 704.